The van der Waals surface area contributed by atoms with Crippen LogP contribution in [0.5, 0.6) is 5.75 Å². The molecule has 0 saturated carbocycles. The summed E-state index contributed by atoms with van der Waals surface area (Å²) < 4.78 is 11.3. The topological polar surface area (TPSA) is 73.6 Å². The Balaban J connectivity index is 1.84. The monoisotopic (exact) mass is 534 g/mol. The molecule has 0 amide bonds. The minimum Gasteiger partial charge on any atom is -0.497 e. The minimum atomic E-state index is -1.26. The molecule has 180 valence electrons. The highest BCUT2D eigenvalue weighted by Gasteiger charge is 2.31. The second-order valence-electron chi connectivity index (χ2n) is 8.73. The number of terminal acetylenes is 1. The number of hydrogen-bond acceptors (Lipinski definition) is 5. The number of halogens is 1. The molecular formula is C28H27BrN2O4. The van der Waals surface area contributed by atoms with Crippen molar-refractivity contribution in [2.75, 3.05) is 13.7 Å². The fraction of sp³-hybridized carbons (Fsp3) is 0.286. The molecule has 2 aromatic carbocycles. The average Bonchev–Trinajstić information content (AvgIpc) is 2.85. The van der Waals surface area contributed by atoms with Gasteiger partial charge in [0.1, 0.15) is 18.1 Å². The zero-order chi connectivity index (χ0) is 25.2. The van der Waals surface area contributed by atoms with E-state index in [0.29, 0.717) is 35.1 Å². The van der Waals surface area contributed by atoms with Crippen LogP contribution in [0.2, 0.25) is 0 Å². The molecule has 0 fully saturated rings. The van der Waals surface area contributed by atoms with E-state index in [0.717, 1.165) is 16.5 Å². The van der Waals surface area contributed by atoms with Crippen LogP contribution >= 0.6 is 15.9 Å². The summed E-state index contributed by atoms with van der Waals surface area (Å²) in [6.07, 6.45) is 9.28. The summed E-state index contributed by atoms with van der Waals surface area (Å²) in [6.45, 7) is 4.69. The van der Waals surface area contributed by atoms with Crippen molar-refractivity contribution < 1.29 is 14.6 Å². The van der Waals surface area contributed by atoms with Gasteiger partial charge in [-0.25, -0.2) is 4.79 Å². The van der Waals surface area contributed by atoms with Crippen molar-refractivity contribution >= 4 is 26.8 Å². The fourth-order valence-electron chi connectivity index (χ4n) is 4.09. The number of allylic oxidation sites excluding steroid dienone is 2. The standard InChI is InChI=1S/C28H27BrN2O4/c1-5-14-35-22-10-11-24-23(16-22)26(21-8-6-20(7-9-21)18(2)3)30-27(32)31(24)17-19-12-13-28(29,33)25(15-19)34-4/h1,6-12,15-16,18,33H,13-14,17H2,2-4H3. The lowest BCUT2D eigenvalue weighted by Gasteiger charge is -2.26. The highest BCUT2D eigenvalue weighted by atomic mass is 79.9. The number of nitrogens with zero attached hydrogens (tertiary/aromatic N) is 2. The molecule has 1 aliphatic carbocycles. The third kappa shape index (κ3) is 5.19. The van der Waals surface area contributed by atoms with Crippen LogP contribution < -0.4 is 10.4 Å². The Hall–Kier alpha value is -3.34. The number of alkyl halides is 1. The smallest absolute Gasteiger partial charge is 0.348 e. The van der Waals surface area contributed by atoms with E-state index in [4.69, 9.17) is 15.9 Å². The molecule has 1 aliphatic rings. The SMILES string of the molecule is C#CCOc1ccc2c(c1)c(-c1ccc(C(C)C)cc1)nc(=O)n2CC1=CCC(O)(Br)C(OC)=C1. The Morgan fingerprint density at radius 3 is 2.66 bits per heavy atom. The van der Waals surface area contributed by atoms with Gasteiger partial charge in [-0.3, -0.25) is 4.57 Å². The predicted molar refractivity (Wildman–Crippen MR) is 142 cm³/mol. The number of fused-ring (bicyclic) bond motifs is 1. The molecule has 4 rings (SSSR count). The van der Waals surface area contributed by atoms with Crippen molar-refractivity contribution in [2.45, 2.75) is 37.2 Å². The Kier molecular flexibility index (Phi) is 7.15. The minimum absolute atomic E-state index is 0.143. The first kappa shape index (κ1) is 24.8. The van der Waals surface area contributed by atoms with E-state index >= 15 is 0 Å². The molecular weight excluding hydrogens is 508 g/mol. The summed E-state index contributed by atoms with van der Waals surface area (Å²) in [5.74, 6) is 3.86. The van der Waals surface area contributed by atoms with Crippen LogP contribution in [-0.4, -0.2) is 32.9 Å². The van der Waals surface area contributed by atoms with Crippen LogP contribution in [0.15, 0.2) is 70.7 Å². The van der Waals surface area contributed by atoms with Crippen LogP contribution in [0.3, 0.4) is 0 Å². The second-order valence-corrected chi connectivity index (χ2v) is 10.0. The maximum atomic E-state index is 13.3. The van der Waals surface area contributed by atoms with Gasteiger partial charge < -0.3 is 14.6 Å². The molecule has 0 radical (unpaired) electrons. The summed E-state index contributed by atoms with van der Waals surface area (Å²) in [5, 5.41) is 11.2. The van der Waals surface area contributed by atoms with Gasteiger partial charge in [-0.05, 0) is 57.3 Å². The average molecular weight is 535 g/mol. The molecule has 0 spiro atoms. The Morgan fingerprint density at radius 1 is 1.26 bits per heavy atom. The van der Waals surface area contributed by atoms with Crippen molar-refractivity contribution in [3.63, 3.8) is 0 Å². The molecule has 1 atom stereocenters. The van der Waals surface area contributed by atoms with Crippen molar-refractivity contribution in [3.05, 3.63) is 82.0 Å². The van der Waals surface area contributed by atoms with E-state index in [1.165, 1.54) is 12.7 Å². The van der Waals surface area contributed by atoms with E-state index in [-0.39, 0.29) is 18.8 Å². The molecule has 6 nitrogen and oxygen atoms in total. The van der Waals surface area contributed by atoms with Gasteiger partial charge in [0, 0.05) is 17.4 Å². The molecule has 0 saturated heterocycles. The first-order chi connectivity index (χ1) is 16.7. The molecule has 35 heavy (non-hydrogen) atoms. The van der Waals surface area contributed by atoms with Crippen LogP contribution in [0.25, 0.3) is 22.2 Å². The number of hydrogen-bond donors (Lipinski definition) is 1. The maximum absolute atomic E-state index is 13.3. The number of benzene rings is 2. The van der Waals surface area contributed by atoms with E-state index in [1.807, 2.05) is 30.3 Å². The van der Waals surface area contributed by atoms with Gasteiger partial charge in [0.25, 0.3) is 0 Å². The third-order valence-corrected chi connectivity index (χ3v) is 6.73. The normalized spacial score (nSPS) is 17.6. The Bertz CT molecular complexity index is 1410. The molecule has 0 bridgehead atoms. The van der Waals surface area contributed by atoms with Gasteiger partial charge in [0.2, 0.25) is 0 Å². The number of aliphatic hydroxyl groups is 1. The van der Waals surface area contributed by atoms with Crippen LogP contribution in [0.4, 0.5) is 0 Å². The number of rotatable bonds is 7. The van der Waals surface area contributed by atoms with E-state index in [9.17, 15) is 9.90 Å². The van der Waals surface area contributed by atoms with Crippen LogP contribution in [0.1, 0.15) is 31.7 Å². The van der Waals surface area contributed by atoms with Crippen LogP contribution in [0, 0.1) is 12.3 Å². The number of ether oxygens (including phenoxy) is 2. The van der Waals surface area contributed by atoms with Gasteiger partial charge >= 0.3 is 5.69 Å². The van der Waals surface area contributed by atoms with Crippen molar-refractivity contribution in [2.24, 2.45) is 0 Å². The molecule has 7 heteroatoms. The van der Waals surface area contributed by atoms with E-state index in [1.54, 1.807) is 16.7 Å². The Morgan fingerprint density at radius 2 is 2.00 bits per heavy atom. The van der Waals surface area contributed by atoms with E-state index < -0.39 is 4.51 Å². The van der Waals surface area contributed by atoms with Crippen molar-refractivity contribution in [1.29, 1.82) is 0 Å². The summed E-state index contributed by atoms with van der Waals surface area (Å²) in [6, 6.07) is 13.6. The third-order valence-electron chi connectivity index (χ3n) is 6.01. The first-order valence-electron chi connectivity index (χ1n) is 11.3. The maximum Gasteiger partial charge on any atom is 0.348 e. The number of methoxy groups -OCH3 is 1. The number of aromatic nitrogens is 2. The fourth-order valence-corrected chi connectivity index (χ4v) is 4.52. The lowest BCUT2D eigenvalue weighted by atomic mass is 9.99. The van der Waals surface area contributed by atoms with Crippen LogP contribution in [-0.2, 0) is 11.3 Å². The largest absolute Gasteiger partial charge is 0.497 e. The summed E-state index contributed by atoms with van der Waals surface area (Å²) in [5.41, 5.74) is 3.82. The zero-order valence-corrected chi connectivity index (χ0v) is 21.5. The summed E-state index contributed by atoms with van der Waals surface area (Å²) in [7, 11) is 1.50. The van der Waals surface area contributed by atoms with Crippen molar-refractivity contribution in [3.8, 4) is 29.4 Å². The quantitative estimate of drug-likeness (QED) is 0.335. The van der Waals surface area contributed by atoms with Gasteiger partial charge in [-0.1, -0.05) is 50.1 Å². The first-order valence-corrected chi connectivity index (χ1v) is 12.1. The lowest BCUT2D eigenvalue weighted by Crippen LogP contribution is -2.28. The zero-order valence-electron chi connectivity index (χ0n) is 19.9. The molecule has 0 aliphatic heterocycles. The summed E-state index contributed by atoms with van der Waals surface area (Å²) in [4.78, 5) is 17.7. The highest BCUT2D eigenvalue weighted by Crippen LogP contribution is 2.35. The second kappa shape index (κ2) is 10.1. The van der Waals surface area contributed by atoms with Gasteiger partial charge in [-0.2, -0.15) is 4.98 Å². The summed E-state index contributed by atoms with van der Waals surface area (Å²) >= 11 is 3.27. The highest BCUT2D eigenvalue weighted by molar-refractivity contribution is 9.10. The molecule has 1 heterocycles. The molecule has 1 N–H and O–H groups in total. The molecule has 1 aromatic heterocycles. The predicted octanol–water partition coefficient (Wildman–Crippen LogP) is 5.14. The molecule has 3 aromatic rings. The molecule has 1 unspecified atom stereocenters. The van der Waals surface area contributed by atoms with Gasteiger partial charge in [0.15, 0.2) is 4.51 Å². The van der Waals surface area contributed by atoms with E-state index in [2.05, 4.69) is 52.8 Å². The van der Waals surface area contributed by atoms with Gasteiger partial charge in [-0.15, -0.1) is 6.42 Å². The lowest BCUT2D eigenvalue weighted by molar-refractivity contribution is 0.106. The van der Waals surface area contributed by atoms with Crippen molar-refractivity contribution in [1.82, 2.24) is 9.55 Å². The van der Waals surface area contributed by atoms with Gasteiger partial charge in [0.05, 0.1) is 24.9 Å². The Labute approximate surface area is 213 Å².